The highest BCUT2D eigenvalue weighted by atomic mass is 32.2. The van der Waals surface area contributed by atoms with Crippen LogP contribution in [0.15, 0.2) is 29.2 Å². The maximum atomic E-state index is 12.9. The predicted molar refractivity (Wildman–Crippen MR) is 102 cm³/mol. The molecule has 146 valence electrons. The van der Waals surface area contributed by atoms with Crippen LogP contribution in [0.4, 0.5) is 0 Å². The number of rotatable bonds is 3. The summed E-state index contributed by atoms with van der Waals surface area (Å²) in [5, 5.41) is 8.86. The number of hydrogen-bond acceptors (Lipinski definition) is 4. The summed E-state index contributed by atoms with van der Waals surface area (Å²) in [6.45, 7) is 6.71. The monoisotopic (exact) mass is 389 g/mol. The van der Waals surface area contributed by atoms with Crippen molar-refractivity contribution in [2.24, 2.45) is 17.8 Å². The smallest absolute Gasteiger partial charge is 0.243 e. The Kier molecular flexibility index (Phi) is 5.87. The third-order valence-corrected chi connectivity index (χ3v) is 7.52. The van der Waals surface area contributed by atoms with Gasteiger partial charge in [0, 0.05) is 32.1 Å². The highest BCUT2D eigenvalue weighted by Crippen LogP contribution is 2.28. The van der Waals surface area contributed by atoms with Crippen LogP contribution in [0, 0.1) is 29.1 Å². The van der Waals surface area contributed by atoms with Gasteiger partial charge >= 0.3 is 0 Å². The van der Waals surface area contributed by atoms with E-state index in [1.54, 1.807) is 0 Å². The number of nitriles is 1. The highest BCUT2D eigenvalue weighted by molar-refractivity contribution is 7.89. The zero-order valence-corrected chi connectivity index (χ0v) is 16.8. The summed E-state index contributed by atoms with van der Waals surface area (Å²) < 4.78 is 27.1. The average molecular weight is 390 g/mol. The van der Waals surface area contributed by atoms with Crippen LogP contribution in [-0.4, -0.2) is 49.7 Å². The van der Waals surface area contributed by atoms with E-state index >= 15 is 0 Å². The lowest BCUT2D eigenvalue weighted by molar-refractivity contribution is -0.139. The molecule has 2 unspecified atom stereocenters. The first-order valence-corrected chi connectivity index (χ1v) is 11.0. The van der Waals surface area contributed by atoms with Crippen molar-refractivity contribution < 1.29 is 13.2 Å². The minimum Gasteiger partial charge on any atom is -0.342 e. The number of amides is 1. The minimum atomic E-state index is -3.58. The Morgan fingerprint density at radius 2 is 1.63 bits per heavy atom. The number of nitrogens with zero attached hydrogens (tertiary/aromatic N) is 3. The summed E-state index contributed by atoms with van der Waals surface area (Å²) in [7, 11) is -3.58. The Balaban J connectivity index is 1.62. The second-order valence-corrected chi connectivity index (χ2v) is 9.94. The van der Waals surface area contributed by atoms with E-state index in [0.29, 0.717) is 43.3 Å². The van der Waals surface area contributed by atoms with Crippen molar-refractivity contribution in [2.45, 2.75) is 38.0 Å². The van der Waals surface area contributed by atoms with Gasteiger partial charge in [-0.1, -0.05) is 13.8 Å². The molecular formula is C20H27N3O3S. The average Bonchev–Trinajstić information content (AvgIpc) is 2.67. The van der Waals surface area contributed by atoms with Crippen molar-refractivity contribution in [3.8, 4) is 6.07 Å². The van der Waals surface area contributed by atoms with Gasteiger partial charge in [-0.25, -0.2) is 8.42 Å². The fraction of sp³-hybridized carbons (Fsp3) is 0.600. The highest BCUT2D eigenvalue weighted by Gasteiger charge is 2.35. The quantitative estimate of drug-likeness (QED) is 0.795. The van der Waals surface area contributed by atoms with E-state index in [4.69, 9.17) is 5.26 Å². The number of carbonyl (C=O) groups is 1. The van der Waals surface area contributed by atoms with Crippen molar-refractivity contribution in [3.05, 3.63) is 29.8 Å². The number of sulfonamides is 1. The SMILES string of the molecule is CC1CC(C)CN(C(=O)C2CCN(S(=O)(=O)c3ccc(C#N)cc3)CC2)C1. The van der Waals surface area contributed by atoms with E-state index in [0.717, 1.165) is 19.5 Å². The lowest BCUT2D eigenvalue weighted by Gasteiger charge is -2.39. The molecule has 27 heavy (non-hydrogen) atoms. The van der Waals surface area contributed by atoms with Crippen LogP contribution < -0.4 is 0 Å². The van der Waals surface area contributed by atoms with Crippen molar-refractivity contribution in [1.29, 1.82) is 5.26 Å². The zero-order valence-electron chi connectivity index (χ0n) is 16.0. The van der Waals surface area contributed by atoms with Crippen LogP contribution in [0.25, 0.3) is 0 Å². The Morgan fingerprint density at radius 1 is 1.07 bits per heavy atom. The van der Waals surface area contributed by atoms with E-state index in [1.165, 1.54) is 28.6 Å². The van der Waals surface area contributed by atoms with Crippen LogP contribution in [0.2, 0.25) is 0 Å². The first kappa shape index (κ1) is 19.8. The molecule has 7 heteroatoms. The van der Waals surface area contributed by atoms with Gasteiger partial charge in [-0.3, -0.25) is 4.79 Å². The first-order valence-electron chi connectivity index (χ1n) is 9.60. The van der Waals surface area contributed by atoms with E-state index in [9.17, 15) is 13.2 Å². The first-order chi connectivity index (χ1) is 12.8. The fourth-order valence-electron chi connectivity index (χ4n) is 4.29. The molecular weight excluding hydrogens is 362 g/mol. The molecule has 2 saturated heterocycles. The molecule has 2 fully saturated rings. The molecule has 2 aliphatic heterocycles. The van der Waals surface area contributed by atoms with Crippen molar-refractivity contribution >= 4 is 15.9 Å². The maximum Gasteiger partial charge on any atom is 0.243 e. The second-order valence-electron chi connectivity index (χ2n) is 8.00. The van der Waals surface area contributed by atoms with Gasteiger partial charge in [0.05, 0.1) is 16.5 Å². The summed E-state index contributed by atoms with van der Waals surface area (Å²) in [6.07, 6.45) is 2.28. The van der Waals surface area contributed by atoms with Crippen molar-refractivity contribution in [2.75, 3.05) is 26.2 Å². The van der Waals surface area contributed by atoms with Crippen LogP contribution >= 0.6 is 0 Å². The molecule has 2 aliphatic rings. The number of benzene rings is 1. The van der Waals surface area contributed by atoms with Gasteiger partial charge in [-0.05, 0) is 55.4 Å². The van der Waals surface area contributed by atoms with Crippen LogP contribution in [0.3, 0.4) is 0 Å². The topological polar surface area (TPSA) is 81.5 Å². The second kappa shape index (κ2) is 7.99. The van der Waals surface area contributed by atoms with E-state index < -0.39 is 10.0 Å². The van der Waals surface area contributed by atoms with Gasteiger partial charge in [-0.2, -0.15) is 9.57 Å². The fourth-order valence-corrected chi connectivity index (χ4v) is 5.76. The summed E-state index contributed by atoms with van der Waals surface area (Å²) in [5.41, 5.74) is 0.434. The predicted octanol–water partition coefficient (Wildman–Crippen LogP) is 2.46. The Bertz CT molecular complexity index is 811. The van der Waals surface area contributed by atoms with Gasteiger partial charge < -0.3 is 4.90 Å². The van der Waals surface area contributed by atoms with E-state index in [1.807, 2.05) is 11.0 Å². The van der Waals surface area contributed by atoms with E-state index in [2.05, 4.69) is 13.8 Å². The van der Waals surface area contributed by atoms with Gasteiger partial charge in [0.2, 0.25) is 15.9 Å². The largest absolute Gasteiger partial charge is 0.342 e. The molecule has 1 amide bonds. The molecule has 0 saturated carbocycles. The number of piperidine rings is 2. The molecule has 0 aliphatic carbocycles. The molecule has 0 N–H and O–H groups in total. The minimum absolute atomic E-state index is 0.0880. The molecule has 0 bridgehead atoms. The summed E-state index contributed by atoms with van der Waals surface area (Å²) >= 11 is 0. The molecule has 6 nitrogen and oxygen atoms in total. The molecule has 2 heterocycles. The Hall–Kier alpha value is -1.91. The van der Waals surface area contributed by atoms with Crippen LogP contribution in [-0.2, 0) is 14.8 Å². The molecule has 1 aromatic carbocycles. The van der Waals surface area contributed by atoms with Gasteiger partial charge in [0.1, 0.15) is 0 Å². The van der Waals surface area contributed by atoms with Gasteiger partial charge in [0.25, 0.3) is 0 Å². The summed E-state index contributed by atoms with van der Waals surface area (Å²) in [5.74, 6) is 1.14. The van der Waals surface area contributed by atoms with Crippen LogP contribution in [0.1, 0.15) is 38.7 Å². The lowest BCUT2D eigenvalue weighted by Crippen LogP contribution is -2.48. The van der Waals surface area contributed by atoms with Crippen molar-refractivity contribution in [1.82, 2.24) is 9.21 Å². The normalized spacial score (nSPS) is 25.1. The maximum absolute atomic E-state index is 12.9. The molecule has 1 aromatic rings. The standard InChI is InChI=1S/C20H27N3O3S/c1-15-11-16(2)14-22(13-15)20(24)18-7-9-23(10-8-18)27(25,26)19-5-3-17(12-21)4-6-19/h3-6,15-16,18H,7-11,13-14H2,1-2H3. The molecule has 0 aromatic heterocycles. The molecule has 0 spiro atoms. The zero-order chi connectivity index (χ0) is 19.6. The Labute approximate surface area is 161 Å². The Morgan fingerprint density at radius 3 is 2.15 bits per heavy atom. The third kappa shape index (κ3) is 4.33. The summed E-state index contributed by atoms with van der Waals surface area (Å²) in [4.78, 5) is 15.0. The lowest BCUT2D eigenvalue weighted by atomic mass is 9.89. The molecule has 3 rings (SSSR count). The third-order valence-electron chi connectivity index (χ3n) is 5.60. The van der Waals surface area contributed by atoms with Crippen LogP contribution in [0.5, 0.6) is 0 Å². The van der Waals surface area contributed by atoms with Gasteiger partial charge in [0.15, 0.2) is 0 Å². The molecule has 0 radical (unpaired) electrons. The number of carbonyl (C=O) groups excluding carboxylic acids is 1. The summed E-state index contributed by atoms with van der Waals surface area (Å²) in [6, 6.07) is 7.97. The van der Waals surface area contributed by atoms with E-state index in [-0.39, 0.29) is 16.7 Å². The van der Waals surface area contributed by atoms with Gasteiger partial charge in [-0.15, -0.1) is 0 Å². The molecule has 2 atom stereocenters. The number of likely N-dealkylation sites (tertiary alicyclic amines) is 1. The van der Waals surface area contributed by atoms with Crippen molar-refractivity contribution in [3.63, 3.8) is 0 Å². The number of hydrogen-bond donors (Lipinski definition) is 0.